The summed E-state index contributed by atoms with van der Waals surface area (Å²) in [6, 6.07) is 7.31. The molecule has 1 atom stereocenters. The lowest BCUT2D eigenvalue weighted by Crippen LogP contribution is -2.53. The van der Waals surface area contributed by atoms with E-state index in [-0.39, 0.29) is 35.9 Å². The van der Waals surface area contributed by atoms with Crippen LogP contribution >= 0.6 is 0 Å². The number of hydrogen-bond acceptors (Lipinski definition) is 7. The van der Waals surface area contributed by atoms with Gasteiger partial charge in [0.2, 0.25) is 11.9 Å². The number of amides is 2. The summed E-state index contributed by atoms with van der Waals surface area (Å²) in [6.45, 7) is 0.938. The molecular formula is C29H27F5N8O2. The minimum Gasteiger partial charge on any atom is -0.382 e. The van der Waals surface area contributed by atoms with Crippen LogP contribution in [0.1, 0.15) is 41.6 Å². The zero-order valence-corrected chi connectivity index (χ0v) is 23.1. The highest BCUT2D eigenvalue weighted by molar-refractivity contribution is 6.04. The van der Waals surface area contributed by atoms with Gasteiger partial charge in [0, 0.05) is 61.7 Å². The summed E-state index contributed by atoms with van der Waals surface area (Å²) in [5.74, 6) is -3.55. The Morgan fingerprint density at radius 3 is 2.50 bits per heavy atom. The lowest BCUT2D eigenvalue weighted by Gasteiger charge is -2.38. The van der Waals surface area contributed by atoms with Gasteiger partial charge in [0.15, 0.2) is 0 Å². The highest BCUT2D eigenvalue weighted by Crippen LogP contribution is 2.38. The van der Waals surface area contributed by atoms with Gasteiger partial charge in [-0.25, -0.2) is 23.7 Å². The van der Waals surface area contributed by atoms with E-state index in [0.29, 0.717) is 48.7 Å². The quantitative estimate of drug-likeness (QED) is 0.267. The molecule has 4 N–H and O–H groups in total. The van der Waals surface area contributed by atoms with Crippen LogP contribution in [0, 0.1) is 5.92 Å². The summed E-state index contributed by atoms with van der Waals surface area (Å²) in [4.78, 5) is 40.4. The maximum Gasteiger partial charge on any atom is 0.416 e. The first-order valence-electron chi connectivity index (χ1n) is 13.9. The van der Waals surface area contributed by atoms with Crippen molar-refractivity contribution < 1.29 is 31.5 Å². The van der Waals surface area contributed by atoms with Crippen molar-refractivity contribution in [1.82, 2.24) is 24.7 Å². The van der Waals surface area contributed by atoms with Crippen LogP contribution in [0.3, 0.4) is 0 Å². The summed E-state index contributed by atoms with van der Waals surface area (Å²) in [6.07, 6.45) is 0.216. The molecule has 0 bridgehead atoms. The third-order valence-electron chi connectivity index (χ3n) is 7.83. The number of pyridine rings is 1. The van der Waals surface area contributed by atoms with E-state index < -0.39 is 35.5 Å². The number of piperidine rings is 1. The lowest BCUT2D eigenvalue weighted by atomic mass is 9.87. The molecule has 44 heavy (non-hydrogen) atoms. The number of carbonyl (C=O) groups is 2. The van der Waals surface area contributed by atoms with Gasteiger partial charge in [-0.3, -0.25) is 14.0 Å². The molecule has 10 nitrogen and oxygen atoms in total. The van der Waals surface area contributed by atoms with Crippen molar-refractivity contribution in [2.24, 2.45) is 5.92 Å². The van der Waals surface area contributed by atoms with Crippen molar-refractivity contribution in [2.75, 3.05) is 29.0 Å². The molecule has 6 rings (SSSR count). The van der Waals surface area contributed by atoms with Gasteiger partial charge in [-0.15, -0.1) is 0 Å². The number of benzene rings is 1. The summed E-state index contributed by atoms with van der Waals surface area (Å²) >= 11 is 0. The van der Waals surface area contributed by atoms with E-state index in [9.17, 15) is 31.5 Å². The molecule has 230 valence electrons. The molecule has 1 aliphatic carbocycles. The fourth-order valence-corrected chi connectivity index (χ4v) is 5.57. The van der Waals surface area contributed by atoms with Crippen LogP contribution in [-0.4, -0.2) is 56.2 Å². The van der Waals surface area contributed by atoms with Crippen LogP contribution < -0.4 is 21.3 Å². The van der Waals surface area contributed by atoms with Gasteiger partial charge in [0.25, 0.3) is 11.8 Å². The van der Waals surface area contributed by atoms with Crippen molar-refractivity contribution >= 4 is 34.9 Å². The topological polar surface area (TPSA) is 131 Å². The Hall–Kier alpha value is -4.82. The molecule has 3 aromatic heterocycles. The lowest BCUT2D eigenvalue weighted by molar-refractivity contribution is -0.137. The minimum atomic E-state index is -4.58. The number of nitrogens with zero attached hydrogens (tertiary/aromatic N) is 5. The first-order valence-corrected chi connectivity index (χ1v) is 13.9. The number of aromatic nitrogens is 4. The Balaban J connectivity index is 1.22. The molecule has 1 saturated carbocycles. The predicted molar refractivity (Wildman–Crippen MR) is 151 cm³/mol. The van der Waals surface area contributed by atoms with Crippen molar-refractivity contribution in [2.45, 2.75) is 43.8 Å². The third kappa shape index (κ3) is 5.85. The van der Waals surface area contributed by atoms with E-state index >= 15 is 0 Å². The molecule has 4 aromatic rings. The van der Waals surface area contributed by atoms with Crippen molar-refractivity contribution in [3.05, 3.63) is 66.1 Å². The number of nitrogens with one attached hydrogen (secondary N) is 2. The molecule has 1 unspecified atom stereocenters. The van der Waals surface area contributed by atoms with E-state index in [1.54, 1.807) is 22.7 Å². The van der Waals surface area contributed by atoms with Gasteiger partial charge < -0.3 is 21.3 Å². The zero-order valence-electron chi connectivity index (χ0n) is 23.1. The number of nitrogen functional groups attached to an aromatic ring is 1. The van der Waals surface area contributed by atoms with Gasteiger partial charge in [0.05, 0.1) is 11.5 Å². The summed E-state index contributed by atoms with van der Waals surface area (Å²) in [5.41, 5.74) is 7.07. The molecule has 1 aromatic carbocycles. The van der Waals surface area contributed by atoms with Crippen molar-refractivity contribution in [1.29, 1.82) is 0 Å². The second-order valence-electron chi connectivity index (χ2n) is 11.0. The van der Waals surface area contributed by atoms with Crippen LogP contribution in [0.5, 0.6) is 0 Å². The molecule has 1 aliphatic heterocycles. The SMILES string of the molecule is Nc1nccn2c(N3CCCC(C(=O)NC4CC(F)(F)C4)C3)nc(-c3ccc(C(=O)Nc4cc(C(F)(F)F)ccn4)cc3)c12. The third-order valence-corrected chi connectivity index (χ3v) is 7.83. The number of nitrogens with two attached hydrogens (primary N) is 1. The Bertz CT molecular complexity index is 1720. The van der Waals surface area contributed by atoms with Gasteiger partial charge in [-0.2, -0.15) is 13.2 Å². The van der Waals surface area contributed by atoms with Gasteiger partial charge in [-0.1, -0.05) is 12.1 Å². The average molecular weight is 615 g/mol. The van der Waals surface area contributed by atoms with Crippen LogP contribution in [0.25, 0.3) is 16.8 Å². The highest BCUT2D eigenvalue weighted by atomic mass is 19.4. The fourth-order valence-electron chi connectivity index (χ4n) is 5.57. The predicted octanol–water partition coefficient (Wildman–Crippen LogP) is 4.77. The maximum absolute atomic E-state index is 13.2. The van der Waals surface area contributed by atoms with Crippen LogP contribution in [0.2, 0.25) is 0 Å². The molecule has 2 fully saturated rings. The summed E-state index contributed by atoms with van der Waals surface area (Å²) < 4.78 is 67.3. The number of rotatable bonds is 6. The Labute approximate surface area is 247 Å². The second kappa shape index (κ2) is 11.0. The van der Waals surface area contributed by atoms with Crippen LogP contribution in [0.4, 0.5) is 39.5 Å². The summed E-state index contributed by atoms with van der Waals surface area (Å²) in [7, 11) is 0. The molecule has 4 heterocycles. The number of halogens is 5. The monoisotopic (exact) mass is 614 g/mol. The van der Waals surface area contributed by atoms with Crippen molar-refractivity contribution in [3.63, 3.8) is 0 Å². The maximum atomic E-state index is 13.2. The van der Waals surface area contributed by atoms with Gasteiger partial charge >= 0.3 is 6.18 Å². The molecule has 15 heteroatoms. The van der Waals surface area contributed by atoms with E-state index in [1.807, 2.05) is 4.90 Å². The first-order chi connectivity index (χ1) is 20.9. The van der Waals surface area contributed by atoms with Gasteiger partial charge in [-0.05, 0) is 37.1 Å². The first kappa shape index (κ1) is 29.3. The number of anilines is 3. The van der Waals surface area contributed by atoms with E-state index in [4.69, 9.17) is 10.7 Å². The normalized spacial score (nSPS) is 18.6. The van der Waals surface area contributed by atoms with E-state index in [0.717, 1.165) is 18.3 Å². The number of alkyl halides is 5. The fraction of sp³-hybridized carbons (Fsp3) is 0.345. The zero-order chi connectivity index (χ0) is 31.2. The molecular weight excluding hydrogens is 587 g/mol. The van der Waals surface area contributed by atoms with Gasteiger partial charge in [0.1, 0.15) is 22.8 Å². The summed E-state index contributed by atoms with van der Waals surface area (Å²) in [5, 5.41) is 5.12. The minimum absolute atomic E-state index is 0.178. The average Bonchev–Trinajstić information content (AvgIpc) is 3.37. The number of carbonyl (C=O) groups excluding carboxylic acids is 2. The smallest absolute Gasteiger partial charge is 0.382 e. The number of hydrogen-bond donors (Lipinski definition) is 3. The van der Waals surface area contributed by atoms with E-state index in [2.05, 4.69) is 20.6 Å². The van der Waals surface area contributed by atoms with Crippen molar-refractivity contribution in [3.8, 4) is 11.3 Å². The standard InChI is InChI=1S/C29H27F5N8O2/c30-28(31)13-20(14-28)38-26(44)18-2-1-10-41(15-18)27-40-22(23-24(35)37-9-11-42(23)27)16-3-5-17(6-4-16)25(43)39-21-12-19(7-8-36-21)29(32,33)34/h3-9,11-12,18,20H,1-2,10,13-15H2,(H2,35,37)(H,38,44)(H,36,39,43). The molecule has 2 aliphatic rings. The Morgan fingerprint density at radius 1 is 1.05 bits per heavy atom. The Morgan fingerprint density at radius 2 is 1.80 bits per heavy atom. The molecule has 0 radical (unpaired) electrons. The second-order valence-corrected chi connectivity index (χ2v) is 11.0. The highest BCUT2D eigenvalue weighted by Gasteiger charge is 2.46. The Kier molecular flexibility index (Phi) is 7.33. The molecule has 1 saturated heterocycles. The molecule has 0 spiro atoms. The number of fused-ring (bicyclic) bond motifs is 1. The van der Waals surface area contributed by atoms with E-state index in [1.165, 1.54) is 18.3 Å². The van der Waals surface area contributed by atoms with Crippen LogP contribution in [-0.2, 0) is 11.0 Å². The van der Waals surface area contributed by atoms with Crippen LogP contribution in [0.15, 0.2) is 55.0 Å². The molecule has 2 amide bonds. The number of imidazole rings is 1. The largest absolute Gasteiger partial charge is 0.416 e.